The summed E-state index contributed by atoms with van der Waals surface area (Å²) in [7, 11) is 0. The van der Waals surface area contributed by atoms with Crippen LogP contribution in [0, 0.1) is 5.92 Å². The number of benzene rings is 1. The Morgan fingerprint density at radius 3 is 2.54 bits per heavy atom. The van der Waals surface area contributed by atoms with Gasteiger partial charge < -0.3 is 15.4 Å². The van der Waals surface area contributed by atoms with Crippen molar-refractivity contribution in [3.05, 3.63) is 32.8 Å². The van der Waals surface area contributed by atoms with Crippen LogP contribution in [0.1, 0.15) is 23.2 Å². The van der Waals surface area contributed by atoms with Crippen molar-refractivity contribution in [2.45, 2.75) is 12.8 Å². The first-order valence-electron chi connectivity index (χ1n) is 7.19. The van der Waals surface area contributed by atoms with Crippen molar-refractivity contribution >= 4 is 52.6 Å². The van der Waals surface area contributed by atoms with Gasteiger partial charge in [-0.25, -0.2) is 4.79 Å². The molecule has 6 nitrogen and oxygen atoms in total. The zero-order chi connectivity index (χ0) is 17.9. The number of carbonyl (C=O) groups is 3. The van der Waals surface area contributed by atoms with Crippen molar-refractivity contribution < 1.29 is 19.1 Å². The number of piperidine rings is 1. The lowest BCUT2D eigenvalue weighted by Gasteiger charge is -2.31. The van der Waals surface area contributed by atoms with E-state index in [4.69, 9.17) is 45.3 Å². The molecule has 2 N–H and O–H groups in total. The van der Waals surface area contributed by atoms with E-state index < -0.39 is 24.4 Å². The van der Waals surface area contributed by atoms with E-state index in [-0.39, 0.29) is 33.1 Å². The maximum atomic E-state index is 12.1. The van der Waals surface area contributed by atoms with Gasteiger partial charge in [0.2, 0.25) is 5.91 Å². The van der Waals surface area contributed by atoms with Crippen molar-refractivity contribution in [2.75, 3.05) is 19.7 Å². The highest BCUT2D eigenvalue weighted by Crippen LogP contribution is 2.31. The number of halogens is 3. The summed E-state index contributed by atoms with van der Waals surface area (Å²) in [5.41, 5.74) is 5.18. The molecule has 1 saturated heterocycles. The number of primary amides is 1. The molecule has 1 aromatic rings. The molecule has 1 aromatic carbocycles. The Kier molecular flexibility index (Phi) is 6.32. The maximum Gasteiger partial charge on any atom is 0.341 e. The molecule has 9 heteroatoms. The highest BCUT2D eigenvalue weighted by atomic mass is 35.5. The third-order valence-corrected chi connectivity index (χ3v) is 4.87. The van der Waals surface area contributed by atoms with E-state index in [1.165, 1.54) is 17.0 Å². The first kappa shape index (κ1) is 18.8. The molecule has 130 valence electrons. The number of hydrogen-bond donors (Lipinski definition) is 1. The van der Waals surface area contributed by atoms with E-state index in [2.05, 4.69) is 0 Å². The Hall–Kier alpha value is -1.50. The van der Waals surface area contributed by atoms with Gasteiger partial charge in [0.05, 0.1) is 26.5 Å². The number of hydrogen-bond acceptors (Lipinski definition) is 4. The Labute approximate surface area is 153 Å². The molecule has 0 aromatic heterocycles. The number of nitrogens with zero attached hydrogens (tertiary/aromatic N) is 1. The number of esters is 1. The van der Waals surface area contributed by atoms with Gasteiger partial charge in [-0.15, -0.1) is 0 Å². The second-order valence-corrected chi connectivity index (χ2v) is 6.57. The Balaban J connectivity index is 1.98. The van der Waals surface area contributed by atoms with Gasteiger partial charge in [0, 0.05) is 13.1 Å². The van der Waals surface area contributed by atoms with E-state index in [9.17, 15) is 14.4 Å². The standard InChI is InChI=1S/C15H15Cl3N2O4/c16-9-3-4-10(17)13(18)12(9)15(23)24-7-11(21)20-5-1-2-8(6-20)14(19)22/h3-4,8H,1-2,5-7H2,(H2,19,22)/t8-/m1/s1. The van der Waals surface area contributed by atoms with Crippen LogP contribution < -0.4 is 5.73 Å². The summed E-state index contributed by atoms with van der Waals surface area (Å²) in [6.45, 7) is 0.229. The lowest BCUT2D eigenvalue weighted by Crippen LogP contribution is -2.45. The summed E-state index contributed by atoms with van der Waals surface area (Å²) < 4.78 is 4.98. The van der Waals surface area contributed by atoms with Crippen molar-refractivity contribution in [2.24, 2.45) is 11.7 Å². The minimum Gasteiger partial charge on any atom is -0.452 e. The van der Waals surface area contributed by atoms with E-state index >= 15 is 0 Å². The first-order valence-corrected chi connectivity index (χ1v) is 8.32. The molecule has 0 radical (unpaired) electrons. The lowest BCUT2D eigenvalue weighted by molar-refractivity contribution is -0.137. The van der Waals surface area contributed by atoms with Crippen LogP contribution in [-0.2, 0) is 14.3 Å². The fourth-order valence-electron chi connectivity index (χ4n) is 2.44. The molecule has 2 rings (SSSR count). The van der Waals surface area contributed by atoms with Crippen molar-refractivity contribution in [3.8, 4) is 0 Å². The zero-order valence-corrected chi connectivity index (χ0v) is 14.8. The summed E-state index contributed by atoms with van der Waals surface area (Å²) in [4.78, 5) is 36.9. The maximum absolute atomic E-state index is 12.1. The molecule has 24 heavy (non-hydrogen) atoms. The molecule has 2 amide bonds. The van der Waals surface area contributed by atoms with Gasteiger partial charge in [-0.1, -0.05) is 34.8 Å². The van der Waals surface area contributed by atoms with E-state index in [0.717, 1.165) is 0 Å². The third-order valence-electron chi connectivity index (χ3n) is 3.75. The number of carbonyl (C=O) groups excluding carboxylic acids is 3. The highest BCUT2D eigenvalue weighted by Gasteiger charge is 2.28. The van der Waals surface area contributed by atoms with Gasteiger partial charge in [-0.2, -0.15) is 0 Å². The average molecular weight is 394 g/mol. The van der Waals surface area contributed by atoms with Crippen molar-refractivity contribution in [1.82, 2.24) is 4.90 Å². The molecule has 1 fully saturated rings. The summed E-state index contributed by atoms with van der Waals surface area (Å²) >= 11 is 17.7. The van der Waals surface area contributed by atoms with Gasteiger partial charge in [-0.3, -0.25) is 9.59 Å². The quantitative estimate of drug-likeness (QED) is 0.629. The molecule has 1 aliphatic heterocycles. The summed E-state index contributed by atoms with van der Waals surface area (Å²) in [6.07, 6.45) is 1.31. The lowest BCUT2D eigenvalue weighted by atomic mass is 9.97. The first-order chi connectivity index (χ1) is 11.3. The molecular weight excluding hydrogens is 379 g/mol. The average Bonchev–Trinajstić information content (AvgIpc) is 2.56. The molecule has 1 heterocycles. The van der Waals surface area contributed by atoms with Gasteiger partial charge in [0.15, 0.2) is 6.61 Å². The minimum atomic E-state index is -0.843. The summed E-state index contributed by atoms with van der Waals surface area (Å²) in [5, 5.41) is 0.196. The number of nitrogens with two attached hydrogens (primary N) is 1. The molecule has 1 aliphatic rings. The highest BCUT2D eigenvalue weighted by molar-refractivity contribution is 6.46. The number of rotatable bonds is 4. The number of amides is 2. The van der Waals surface area contributed by atoms with Crippen LogP contribution >= 0.6 is 34.8 Å². The van der Waals surface area contributed by atoms with E-state index in [0.29, 0.717) is 19.4 Å². The topological polar surface area (TPSA) is 89.7 Å². The van der Waals surface area contributed by atoms with E-state index in [1.807, 2.05) is 0 Å². The molecule has 0 unspecified atom stereocenters. The normalized spacial score (nSPS) is 17.5. The van der Waals surface area contributed by atoms with Crippen LogP contribution in [0.2, 0.25) is 15.1 Å². The van der Waals surface area contributed by atoms with Gasteiger partial charge >= 0.3 is 5.97 Å². The Morgan fingerprint density at radius 1 is 1.21 bits per heavy atom. The van der Waals surface area contributed by atoms with E-state index in [1.54, 1.807) is 0 Å². The molecule has 0 spiro atoms. The van der Waals surface area contributed by atoms with Gasteiger partial charge in [-0.05, 0) is 25.0 Å². The second kappa shape index (κ2) is 8.05. The predicted molar refractivity (Wildman–Crippen MR) is 90.3 cm³/mol. The summed E-state index contributed by atoms with van der Waals surface area (Å²) in [6, 6.07) is 2.86. The van der Waals surface area contributed by atoms with Crippen LogP contribution in [0.15, 0.2) is 12.1 Å². The Bertz CT molecular complexity index is 681. The molecule has 1 atom stereocenters. The van der Waals surface area contributed by atoms with Crippen LogP contribution in [0.3, 0.4) is 0 Å². The van der Waals surface area contributed by atoms with Gasteiger partial charge in [0.1, 0.15) is 0 Å². The molecule has 0 saturated carbocycles. The number of ether oxygens (including phenoxy) is 1. The second-order valence-electron chi connectivity index (χ2n) is 5.38. The van der Waals surface area contributed by atoms with Gasteiger partial charge in [0.25, 0.3) is 5.91 Å². The van der Waals surface area contributed by atoms with Crippen molar-refractivity contribution in [1.29, 1.82) is 0 Å². The summed E-state index contributed by atoms with van der Waals surface area (Å²) in [5.74, 6) is -2.08. The number of likely N-dealkylation sites (tertiary alicyclic amines) is 1. The third kappa shape index (κ3) is 4.32. The van der Waals surface area contributed by atoms with Crippen LogP contribution in [0.5, 0.6) is 0 Å². The van der Waals surface area contributed by atoms with Crippen LogP contribution in [-0.4, -0.2) is 42.4 Å². The van der Waals surface area contributed by atoms with Crippen LogP contribution in [0.25, 0.3) is 0 Å². The smallest absolute Gasteiger partial charge is 0.341 e. The fourth-order valence-corrected chi connectivity index (χ4v) is 3.12. The SMILES string of the molecule is NC(=O)[C@@H]1CCCN(C(=O)COC(=O)c2c(Cl)ccc(Cl)c2Cl)C1. The molecule has 0 aliphatic carbocycles. The van der Waals surface area contributed by atoms with Crippen LogP contribution in [0.4, 0.5) is 0 Å². The molecule has 0 bridgehead atoms. The van der Waals surface area contributed by atoms with Crippen molar-refractivity contribution in [3.63, 3.8) is 0 Å². The fraction of sp³-hybridized carbons (Fsp3) is 0.400. The molecular formula is C15H15Cl3N2O4. The Morgan fingerprint density at radius 2 is 1.88 bits per heavy atom. The predicted octanol–water partition coefficient (Wildman–Crippen LogP) is 2.53. The largest absolute Gasteiger partial charge is 0.452 e. The zero-order valence-electron chi connectivity index (χ0n) is 12.6. The monoisotopic (exact) mass is 392 g/mol. The minimum absolute atomic E-state index is 0.0339.